The topological polar surface area (TPSA) is 86.2 Å². The van der Waals surface area contributed by atoms with Gasteiger partial charge in [0.15, 0.2) is 16.6 Å². The minimum absolute atomic E-state index is 0.123. The van der Waals surface area contributed by atoms with Crippen molar-refractivity contribution in [1.29, 1.82) is 0 Å². The molecule has 1 N–H and O–H groups in total. The lowest BCUT2D eigenvalue weighted by atomic mass is 10.1. The summed E-state index contributed by atoms with van der Waals surface area (Å²) in [6, 6.07) is 9.41. The Hall–Kier alpha value is -2.65. The molecule has 0 aliphatic carbocycles. The van der Waals surface area contributed by atoms with Gasteiger partial charge < -0.3 is 14.8 Å². The second-order valence-corrected chi connectivity index (χ2v) is 7.18. The maximum absolute atomic E-state index is 11.9. The van der Waals surface area contributed by atoms with Crippen molar-refractivity contribution in [3.05, 3.63) is 41.9 Å². The largest absolute Gasteiger partial charge is 0.486 e. The first kappa shape index (κ1) is 16.8. The first-order valence-corrected chi connectivity index (χ1v) is 9.70. The molecule has 0 atom stereocenters. The van der Waals surface area contributed by atoms with E-state index in [1.165, 1.54) is 23.1 Å². The Morgan fingerprint density at radius 1 is 1.15 bits per heavy atom. The Morgan fingerprint density at radius 2 is 2.04 bits per heavy atom. The fourth-order valence-electron chi connectivity index (χ4n) is 2.33. The summed E-state index contributed by atoms with van der Waals surface area (Å²) < 4.78 is 11.1. The van der Waals surface area contributed by atoms with Crippen LogP contribution in [0.3, 0.4) is 0 Å². The minimum atomic E-state index is -0.123. The number of amides is 1. The molecule has 1 amide bonds. The summed E-state index contributed by atoms with van der Waals surface area (Å²) in [6.45, 7) is 1.11. The molecule has 1 aromatic carbocycles. The second kappa shape index (κ2) is 7.71. The quantitative estimate of drug-likeness (QED) is 0.674. The van der Waals surface area contributed by atoms with Crippen LogP contribution in [-0.4, -0.2) is 40.1 Å². The Kier molecular flexibility index (Phi) is 4.98. The summed E-state index contributed by atoms with van der Waals surface area (Å²) in [7, 11) is 0. The van der Waals surface area contributed by atoms with E-state index in [4.69, 9.17) is 9.47 Å². The fraction of sp³-hybridized carbons (Fsp3) is 0.176. The van der Waals surface area contributed by atoms with Gasteiger partial charge in [-0.15, -0.1) is 21.5 Å². The number of aromatic nitrogens is 3. The Labute approximate surface area is 157 Å². The number of nitrogens with zero attached hydrogens (tertiary/aromatic N) is 3. The highest BCUT2D eigenvalue weighted by molar-refractivity contribution is 7.99. The summed E-state index contributed by atoms with van der Waals surface area (Å²) >= 11 is 2.71. The molecule has 0 spiro atoms. The number of rotatable bonds is 5. The predicted octanol–water partition coefficient (Wildman–Crippen LogP) is 3.10. The van der Waals surface area contributed by atoms with Gasteiger partial charge in [-0.05, 0) is 30.3 Å². The van der Waals surface area contributed by atoms with Crippen molar-refractivity contribution in [1.82, 2.24) is 15.2 Å². The molecular weight excluding hydrogens is 372 g/mol. The van der Waals surface area contributed by atoms with E-state index >= 15 is 0 Å². The van der Waals surface area contributed by atoms with Crippen LogP contribution in [0.4, 0.5) is 5.13 Å². The zero-order chi connectivity index (χ0) is 17.8. The van der Waals surface area contributed by atoms with Gasteiger partial charge in [0.2, 0.25) is 5.91 Å². The number of thioether (sulfide) groups is 1. The van der Waals surface area contributed by atoms with Gasteiger partial charge >= 0.3 is 0 Å². The van der Waals surface area contributed by atoms with Gasteiger partial charge in [0.1, 0.15) is 18.2 Å². The molecule has 4 rings (SSSR count). The molecule has 1 aliphatic rings. The molecule has 0 saturated heterocycles. The van der Waals surface area contributed by atoms with Crippen molar-refractivity contribution >= 4 is 34.1 Å². The van der Waals surface area contributed by atoms with Crippen molar-refractivity contribution in [3.63, 3.8) is 0 Å². The van der Waals surface area contributed by atoms with E-state index < -0.39 is 0 Å². The SMILES string of the molecule is O=C(CSc1ccc(-c2ccc3c(c2)OCCO3)nn1)Nc1nccs1. The number of ether oxygens (including phenoxy) is 2. The Bertz CT molecular complexity index is 901. The molecule has 2 aromatic heterocycles. The molecule has 9 heteroatoms. The molecule has 7 nitrogen and oxygen atoms in total. The number of thiazole rings is 1. The van der Waals surface area contributed by atoms with Crippen LogP contribution in [-0.2, 0) is 4.79 Å². The third kappa shape index (κ3) is 3.94. The summed E-state index contributed by atoms with van der Waals surface area (Å²) in [5.74, 6) is 1.58. The number of fused-ring (bicyclic) bond motifs is 1. The maximum Gasteiger partial charge on any atom is 0.236 e. The van der Waals surface area contributed by atoms with Gasteiger partial charge in [0.25, 0.3) is 0 Å². The molecule has 3 aromatic rings. The van der Waals surface area contributed by atoms with Crippen LogP contribution in [0.1, 0.15) is 0 Å². The number of benzene rings is 1. The van der Waals surface area contributed by atoms with E-state index in [1.54, 1.807) is 6.20 Å². The number of anilines is 1. The summed E-state index contributed by atoms with van der Waals surface area (Å²) in [5.41, 5.74) is 1.64. The lowest BCUT2D eigenvalue weighted by molar-refractivity contribution is -0.113. The van der Waals surface area contributed by atoms with E-state index in [9.17, 15) is 4.79 Å². The Balaban J connectivity index is 1.38. The minimum Gasteiger partial charge on any atom is -0.486 e. The van der Waals surface area contributed by atoms with Crippen LogP contribution in [0.2, 0.25) is 0 Å². The van der Waals surface area contributed by atoms with E-state index in [-0.39, 0.29) is 11.7 Å². The third-order valence-corrected chi connectivity index (χ3v) is 5.12. The highest BCUT2D eigenvalue weighted by Gasteiger charge is 2.13. The molecule has 1 aliphatic heterocycles. The van der Waals surface area contributed by atoms with Gasteiger partial charge in [-0.3, -0.25) is 4.79 Å². The molecule has 0 saturated carbocycles. The smallest absolute Gasteiger partial charge is 0.236 e. The normalized spacial score (nSPS) is 12.6. The number of nitrogens with one attached hydrogen (secondary N) is 1. The van der Waals surface area contributed by atoms with Gasteiger partial charge in [-0.2, -0.15) is 0 Å². The number of hydrogen-bond donors (Lipinski definition) is 1. The zero-order valence-corrected chi connectivity index (χ0v) is 15.2. The molecular formula is C17H14N4O3S2. The van der Waals surface area contributed by atoms with Crippen molar-refractivity contribution in [2.75, 3.05) is 24.3 Å². The lowest BCUT2D eigenvalue weighted by Crippen LogP contribution is -2.15. The van der Waals surface area contributed by atoms with Gasteiger partial charge in [-0.25, -0.2) is 4.98 Å². The standard InChI is InChI=1S/C17H14N4O3S2/c22-15(19-17-18-5-8-25-17)10-26-16-4-2-12(20-21-16)11-1-3-13-14(9-11)24-7-6-23-13/h1-5,8-9H,6-7,10H2,(H,18,19,22). The van der Waals surface area contributed by atoms with Crippen LogP contribution in [0.15, 0.2) is 46.9 Å². The zero-order valence-electron chi connectivity index (χ0n) is 13.5. The summed E-state index contributed by atoms with van der Waals surface area (Å²) in [6.07, 6.45) is 1.65. The fourth-order valence-corrected chi connectivity index (χ4v) is 3.49. The van der Waals surface area contributed by atoms with Crippen molar-refractivity contribution in [2.24, 2.45) is 0 Å². The number of carbonyl (C=O) groups excluding carboxylic acids is 1. The second-order valence-electron chi connectivity index (χ2n) is 5.29. The summed E-state index contributed by atoms with van der Waals surface area (Å²) in [4.78, 5) is 15.9. The molecule has 0 unspecified atom stereocenters. The number of hydrogen-bond acceptors (Lipinski definition) is 8. The van der Waals surface area contributed by atoms with E-state index in [0.29, 0.717) is 29.1 Å². The first-order chi connectivity index (χ1) is 12.8. The molecule has 26 heavy (non-hydrogen) atoms. The first-order valence-electron chi connectivity index (χ1n) is 7.84. The van der Waals surface area contributed by atoms with Crippen LogP contribution in [0.5, 0.6) is 11.5 Å². The van der Waals surface area contributed by atoms with E-state index in [1.807, 2.05) is 35.7 Å². The van der Waals surface area contributed by atoms with Crippen LogP contribution >= 0.6 is 23.1 Å². The van der Waals surface area contributed by atoms with E-state index in [2.05, 4.69) is 20.5 Å². The molecule has 0 fully saturated rings. The lowest BCUT2D eigenvalue weighted by Gasteiger charge is -2.18. The average Bonchev–Trinajstić information content (AvgIpc) is 3.19. The molecule has 132 valence electrons. The monoisotopic (exact) mass is 386 g/mol. The van der Waals surface area contributed by atoms with Crippen LogP contribution < -0.4 is 14.8 Å². The highest BCUT2D eigenvalue weighted by atomic mass is 32.2. The third-order valence-electron chi connectivity index (χ3n) is 3.51. The van der Waals surface area contributed by atoms with E-state index in [0.717, 1.165) is 17.0 Å². The van der Waals surface area contributed by atoms with Gasteiger partial charge in [-0.1, -0.05) is 11.8 Å². The van der Waals surface area contributed by atoms with Crippen LogP contribution in [0.25, 0.3) is 11.3 Å². The van der Waals surface area contributed by atoms with Gasteiger partial charge in [0, 0.05) is 17.1 Å². The summed E-state index contributed by atoms with van der Waals surface area (Å²) in [5, 5.41) is 14.2. The maximum atomic E-state index is 11.9. The Morgan fingerprint density at radius 3 is 2.81 bits per heavy atom. The van der Waals surface area contributed by atoms with Gasteiger partial charge in [0.05, 0.1) is 11.4 Å². The highest BCUT2D eigenvalue weighted by Crippen LogP contribution is 2.34. The molecule has 0 bridgehead atoms. The predicted molar refractivity (Wildman–Crippen MR) is 99.9 cm³/mol. The number of carbonyl (C=O) groups is 1. The van der Waals surface area contributed by atoms with Crippen molar-refractivity contribution in [3.8, 4) is 22.8 Å². The average molecular weight is 386 g/mol. The van der Waals surface area contributed by atoms with Crippen molar-refractivity contribution < 1.29 is 14.3 Å². The van der Waals surface area contributed by atoms with Crippen molar-refractivity contribution in [2.45, 2.75) is 5.03 Å². The molecule has 3 heterocycles. The molecule has 0 radical (unpaired) electrons. The van der Waals surface area contributed by atoms with Crippen LogP contribution in [0, 0.1) is 0 Å².